The molecule has 0 aliphatic rings. The largest absolute Gasteiger partial charge is 0.417 e. The van der Waals surface area contributed by atoms with Crippen LogP contribution in [0.15, 0.2) is 30.5 Å². The number of pyridine rings is 1. The van der Waals surface area contributed by atoms with Crippen molar-refractivity contribution in [1.82, 2.24) is 4.98 Å². The van der Waals surface area contributed by atoms with Gasteiger partial charge in [-0.3, -0.25) is 4.98 Å². The van der Waals surface area contributed by atoms with Gasteiger partial charge in [0.1, 0.15) is 6.07 Å². The summed E-state index contributed by atoms with van der Waals surface area (Å²) in [6.07, 6.45) is -3.67. The van der Waals surface area contributed by atoms with Crippen molar-refractivity contribution in [1.29, 1.82) is 5.26 Å². The molecule has 0 bridgehead atoms. The SMILES string of the molecule is N#Cc1cccc2cc(C(F)(F)F)cnc12. The van der Waals surface area contributed by atoms with Gasteiger partial charge >= 0.3 is 6.18 Å². The third-order valence-corrected chi connectivity index (χ3v) is 2.16. The predicted molar refractivity (Wildman–Crippen MR) is 51.5 cm³/mol. The first-order valence-electron chi connectivity index (χ1n) is 4.38. The van der Waals surface area contributed by atoms with E-state index in [0.29, 0.717) is 5.39 Å². The number of para-hydroxylation sites is 1. The van der Waals surface area contributed by atoms with Crippen molar-refractivity contribution in [3.8, 4) is 6.07 Å². The van der Waals surface area contributed by atoms with E-state index in [1.165, 1.54) is 18.2 Å². The quantitative estimate of drug-likeness (QED) is 0.686. The van der Waals surface area contributed by atoms with E-state index in [1.54, 1.807) is 0 Å². The lowest BCUT2D eigenvalue weighted by molar-refractivity contribution is -0.137. The molecule has 2 aromatic rings. The van der Waals surface area contributed by atoms with Gasteiger partial charge in [0.2, 0.25) is 0 Å². The number of benzene rings is 1. The predicted octanol–water partition coefficient (Wildman–Crippen LogP) is 3.13. The van der Waals surface area contributed by atoms with Crippen molar-refractivity contribution in [3.05, 3.63) is 41.6 Å². The van der Waals surface area contributed by atoms with E-state index in [9.17, 15) is 13.2 Å². The monoisotopic (exact) mass is 222 g/mol. The second-order valence-electron chi connectivity index (χ2n) is 3.21. The minimum absolute atomic E-state index is 0.270. The molecule has 0 N–H and O–H groups in total. The first kappa shape index (κ1) is 10.4. The summed E-state index contributed by atoms with van der Waals surface area (Å²) < 4.78 is 37.2. The zero-order chi connectivity index (χ0) is 11.8. The van der Waals surface area contributed by atoms with Crippen LogP contribution in [0, 0.1) is 11.3 Å². The molecule has 0 unspecified atom stereocenters. The first-order chi connectivity index (χ1) is 7.52. The number of fused-ring (bicyclic) bond motifs is 1. The topological polar surface area (TPSA) is 36.7 Å². The molecule has 0 radical (unpaired) electrons. The lowest BCUT2D eigenvalue weighted by Gasteiger charge is -2.07. The van der Waals surface area contributed by atoms with Gasteiger partial charge in [0.05, 0.1) is 16.6 Å². The molecule has 5 heteroatoms. The molecule has 0 saturated heterocycles. The van der Waals surface area contributed by atoms with Crippen molar-refractivity contribution < 1.29 is 13.2 Å². The van der Waals surface area contributed by atoms with Gasteiger partial charge in [-0.1, -0.05) is 12.1 Å². The van der Waals surface area contributed by atoms with Gasteiger partial charge in [0, 0.05) is 11.6 Å². The third kappa shape index (κ3) is 1.70. The van der Waals surface area contributed by atoms with Crippen LogP contribution in [0.3, 0.4) is 0 Å². The molecule has 1 aromatic heterocycles. The minimum atomic E-state index is -4.41. The zero-order valence-electron chi connectivity index (χ0n) is 7.92. The smallest absolute Gasteiger partial charge is 0.254 e. The molecule has 80 valence electrons. The fraction of sp³-hybridized carbons (Fsp3) is 0.0909. The number of hydrogen-bond acceptors (Lipinski definition) is 2. The highest BCUT2D eigenvalue weighted by molar-refractivity contribution is 5.84. The normalized spacial score (nSPS) is 11.4. The van der Waals surface area contributed by atoms with Crippen LogP contribution in [0.25, 0.3) is 10.9 Å². The number of alkyl halides is 3. The maximum absolute atomic E-state index is 12.4. The summed E-state index contributed by atoms with van der Waals surface area (Å²) in [7, 11) is 0. The molecule has 0 saturated carbocycles. The molecule has 0 aliphatic carbocycles. The zero-order valence-corrected chi connectivity index (χ0v) is 7.92. The van der Waals surface area contributed by atoms with Gasteiger partial charge < -0.3 is 0 Å². The summed E-state index contributed by atoms with van der Waals surface area (Å²) in [5.41, 5.74) is -0.251. The van der Waals surface area contributed by atoms with E-state index in [-0.39, 0.29) is 11.1 Å². The number of nitriles is 1. The van der Waals surface area contributed by atoms with Crippen molar-refractivity contribution in [2.75, 3.05) is 0 Å². The van der Waals surface area contributed by atoms with E-state index in [2.05, 4.69) is 4.98 Å². The van der Waals surface area contributed by atoms with Crippen LogP contribution in [0.5, 0.6) is 0 Å². The van der Waals surface area contributed by atoms with Crippen LogP contribution >= 0.6 is 0 Å². The second kappa shape index (κ2) is 3.49. The van der Waals surface area contributed by atoms with Crippen LogP contribution < -0.4 is 0 Å². The average Bonchev–Trinajstić information content (AvgIpc) is 2.26. The first-order valence-corrected chi connectivity index (χ1v) is 4.38. The number of hydrogen-bond donors (Lipinski definition) is 0. The van der Waals surface area contributed by atoms with Crippen LogP contribution in [-0.4, -0.2) is 4.98 Å². The molecule has 0 amide bonds. The highest BCUT2D eigenvalue weighted by Gasteiger charge is 2.31. The Hall–Kier alpha value is -2.09. The van der Waals surface area contributed by atoms with Gasteiger partial charge in [0.25, 0.3) is 0 Å². The summed E-state index contributed by atoms with van der Waals surface area (Å²) in [5.74, 6) is 0. The Balaban J connectivity index is 2.71. The maximum Gasteiger partial charge on any atom is 0.417 e. The second-order valence-corrected chi connectivity index (χ2v) is 3.21. The summed E-state index contributed by atoms with van der Waals surface area (Å²) >= 11 is 0. The molecule has 0 spiro atoms. The van der Waals surface area contributed by atoms with Crippen LogP contribution in [0.1, 0.15) is 11.1 Å². The standard InChI is InChI=1S/C11H5F3N2/c12-11(13,14)9-4-7-2-1-3-8(5-15)10(7)16-6-9/h1-4,6H. The van der Waals surface area contributed by atoms with Crippen LogP contribution in [0.4, 0.5) is 13.2 Å². The summed E-state index contributed by atoms with van der Waals surface area (Å²) in [6, 6.07) is 7.42. The average molecular weight is 222 g/mol. The lowest BCUT2D eigenvalue weighted by atomic mass is 10.1. The number of aromatic nitrogens is 1. The molecule has 0 atom stereocenters. The molecule has 0 fully saturated rings. The summed E-state index contributed by atoms with van der Waals surface area (Å²) in [5, 5.41) is 9.07. The maximum atomic E-state index is 12.4. The number of rotatable bonds is 0. The highest BCUT2D eigenvalue weighted by atomic mass is 19.4. The van der Waals surface area contributed by atoms with E-state index in [0.717, 1.165) is 12.3 Å². The van der Waals surface area contributed by atoms with E-state index in [1.807, 2.05) is 6.07 Å². The fourth-order valence-corrected chi connectivity index (χ4v) is 1.41. The molecule has 1 heterocycles. The molecule has 0 aliphatic heterocycles. The Kier molecular flexibility index (Phi) is 2.27. The Morgan fingerprint density at radius 2 is 2.00 bits per heavy atom. The van der Waals surface area contributed by atoms with Crippen molar-refractivity contribution in [2.24, 2.45) is 0 Å². The molecular weight excluding hydrogens is 217 g/mol. The minimum Gasteiger partial charge on any atom is -0.254 e. The van der Waals surface area contributed by atoms with Gasteiger partial charge in [0.15, 0.2) is 0 Å². The van der Waals surface area contributed by atoms with Gasteiger partial charge in [-0.15, -0.1) is 0 Å². The Bertz CT molecular complexity index is 582. The summed E-state index contributed by atoms with van der Waals surface area (Å²) in [4.78, 5) is 3.68. The van der Waals surface area contributed by atoms with Gasteiger partial charge in [-0.2, -0.15) is 18.4 Å². The molecule has 2 rings (SSSR count). The highest BCUT2D eigenvalue weighted by Crippen LogP contribution is 2.30. The Morgan fingerprint density at radius 3 is 2.62 bits per heavy atom. The van der Waals surface area contributed by atoms with Gasteiger partial charge in [-0.05, 0) is 12.1 Å². The molecular formula is C11H5F3N2. The Labute approximate surface area is 89.0 Å². The lowest BCUT2D eigenvalue weighted by Crippen LogP contribution is -2.05. The van der Waals surface area contributed by atoms with E-state index < -0.39 is 11.7 Å². The molecule has 2 nitrogen and oxygen atoms in total. The summed E-state index contributed by atoms with van der Waals surface area (Å²) in [6.45, 7) is 0. The van der Waals surface area contributed by atoms with Gasteiger partial charge in [-0.25, -0.2) is 0 Å². The van der Waals surface area contributed by atoms with E-state index >= 15 is 0 Å². The number of halogens is 3. The Morgan fingerprint density at radius 1 is 1.25 bits per heavy atom. The van der Waals surface area contributed by atoms with Crippen LogP contribution in [-0.2, 0) is 6.18 Å². The van der Waals surface area contributed by atoms with Crippen molar-refractivity contribution in [3.63, 3.8) is 0 Å². The fourth-order valence-electron chi connectivity index (χ4n) is 1.41. The third-order valence-electron chi connectivity index (χ3n) is 2.16. The van der Waals surface area contributed by atoms with Crippen molar-refractivity contribution >= 4 is 10.9 Å². The van der Waals surface area contributed by atoms with Crippen LogP contribution in [0.2, 0.25) is 0 Å². The van der Waals surface area contributed by atoms with E-state index in [4.69, 9.17) is 5.26 Å². The number of nitrogens with zero attached hydrogens (tertiary/aromatic N) is 2. The molecule has 16 heavy (non-hydrogen) atoms. The molecule has 1 aromatic carbocycles. The van der Waals surface area contributed by atoms with Crippen molar-refractivity contribution in [2.45, 2.75) is 6.18 Å².